The van der Waals surface area contributed by atoms with Crippen molar-refractivity contribution in [3.63, 3.8) is 0 Å². The summed E-state index contributed by atoms with van der Waals surface area (Å²) >= 11 is 0. The Hall–Kier alpha value is -4.96. The summed E-state index contributed by atoms with van der Waals surface area (Å²) in [5, 5.41) is 4.18. The molecule has 47 heavy (non-hydrogen) atoms. The average Bonchev–Trinajstić information content (AvgIpc) is 3.56. The minimum atomic E-state index is -5.08. The summed E-state index contributed by atoms with van der Waals surface area (Å²) in [5.74, 6) is 0.346. The summed E-state index contributed by atoms with van der Waals surface area (Å²) in [6.07, 6.45) is -7.26. The molecule has 0 spiro atoms. The zero-order valence-electron chi connectivity index (χ0n) is 25.0. The molecule has 0 bridgehead atoms. The highest BCUT2D eigenvalue weighted by atomic mass is 19.4. The minimum Gasteiger partial charge on any atom is -0.481 e. The summed E-state index contributed by atoms with van der Waals surface area (Å²) in [6.45, 7) is 1.24. The van der Waals surface area contributed by atoms with Gasteiger partial charge in [0.1, 0.15) is 12.3 Å². The van der Waals surface area contributed by atoms with E-state index in [1.807, 2.05) is 0 Å². The van der Waals surface area contributed by atoms with E-state index >= 15 is 0 Å². The predicted molar refractivity (Wildman–Crippen MR) is 152 cm³/mol. The van der Waals surface area contributed by atoms with Crippen LogP contribution < -0.4 is 9.64 Å². The van der Waals surface area contributed by atoms with Crippen molar-refractivity contribution in [2.75, 3.05) is 25.1 Å². The molecule has 1 aromatic carbocycles. The fourth-order valence-corrected chi connectivity index (χ4v) is 5.49. The van der Waals surface area contributed by atoms with Crippen LogP contribution >= 0.6 is 0 Å². The summed E-state index contributed by atoms with van der Waals surface area (Å²) < 4.78 is 108. The van der Waals surface area contributed by atoms with Gasteiger partial charge in [0.2, 0.25) is 11.8 Å². The number of carbonyl (C=O) groups is 1. The van der Waals surface area contributed by atoms with E-state index in [-0.39, 0.29) is 43.2 Å². The Morgan fingerprint density at radius 3 is 2.19 bits per heavy atom. The summed E-state index contributed by atoms with van der Waals surface area (Å²) in [5.41, 5.74) is -1.12. The Balaban J connectivity index is 1.40. The second-order valence-electron chi connectivity index (χ2n) is 11.2. The fraction of sp³-hybridized carbons (Fsp3) is 0.367. The van der Waals surface area contributed by atoms with E-state index in [9.17, 15) is 35.5 Å². The lowest BCUT2D eigenvalue weighted by Crippen LogP contribution is -2.49. The number of amides is 1. The SMILES string of the molecule is COc1ncc(-c2cnn(C)c2)cc1-c1cnc(N2CC(F)C2)nc1CN1C(=O)O[C@H](c2cc(C(F)(F)F)cc(C(F)(F)F)c2)[C@@H]1C. The molecule has 0 N–H and O–H groups in total. The van der Waals surface area contributed by atoms with Crippen LogP contribution in [0.1, 0.15) is 35.4 Å². The van der Waals surface area contributed by atoms with Crippen LogP contribution in [0.15, 0.2) is 49.1 Å². The highest BCUT2D eigenvalue weighted by Gasteiger charge is 2.44. The van der Waals surface area contributed by atoms with Gasteiger partial charge in [0.25, 0.3) is 0 Å². The normalized spacial score (nSPS) is 18.8. The molecule has 248 valence electrons. The number of nitrogens with zero attached hydrogens (tertiary/aromatic N) is 7. The number of hydrogen-bond acceptors (Lipinski definition) is 8. The number of methoxy groups -OCH3 is 1. The standard InChI is InChI=1S/C30H26F7N7O3/c1-15-25(16-4-19(29(32,33)34)7-20(5-16)30(35,36)37)47-28(45)44(15)14-24-23(10-39-27(41-24)43-12-21(31)13-43)22-6-17(8-38-26(22)46-3)18-9-40-42(2)11-18/h4-11,15,21,25H,12-14H2,1-3H3/t15-,25-/m0/s1. The molecule has 0 aliphatic carbocycles. The molecule has 10 nitrogen and oxygen atoms in total. The van der Waals surface area contributed by atoms with Crippen molar-refractivity contribution in [2.45, 2.75) is 44.1 Å². The molecule has 0 unspecified atom stereocenters. The van der Waals surface area contributed by atoms with Gasteiger partial charge in [-0.3, -0.25) is 9.58 Å². The van der Waals surface area contributed by atoms with Gasteiger partial charge in [-0.15, -0.1) is 0 Å². The van der Waals surface area contributed by atoms with Gasteiger partial charge >= 0.3 is 18.4 Å². The van der Waals surface area contributed by atoms with Crippen molar-refractivity contribution in [3.8, 4) is 28.1 Å². The molecule has 17 heteroatoms. The molecular formula is C30H26F7N7O3. The van der Waals surface area contributed by atoms with E-state index in [4.69, 9.17) is 9.47 Å². The van der Waals surface area contributed by atoms with Crippen molar-refractivity contribution >= 4 is 12.0 Å². The van der Waals surface area contributed by atoms with Crippen LogP contribution in [0.3, 0.4) is 0 Å². The van der Waals surface area contributed by atoms with Crippen LogP contribution in [0.4, 0.5) is 41.5 Å². The first-order valence-corrected chi connectivity index (χ1v) is 14.2. The topological polar surface area (TPSA) is 98.5 Å². The highest BCUT2D eigenvalue weighted by Crippen LogP contribution is 2.42. The average molecular weight is 666 g/mol. The molecular weight excluding hydrogens is 639 g/mol. The van der Waals surface area contributed by atoms with Gasteiger partial charge < -0.3 is 14.4 Å². The van der Waals surface area contributed by atoms with Crippen LogP contribution in [0.5, 0.6) is 5.88 Å². The molecule has 2 aliphatic heterocycles. The van der Waals surface area contributed by atoms with E-state index in [0.717, 1.165) is 10.5 Å². The molecule has 0 radical (unpaired) electrons. The van der Waals surface area contributed by atoms with Gasteiger partial charge in [-0.25, -0.2) is 24.1 Å². The van der Waals surface area contributed by atoms with Crippen molar-refractivity contribution in [3.05, 3.63) is 71.4 Å². The molecule has 3 aromatic heterocycles. The first-order chi connectivity index (χ1) is 22.1. The lowest BCUT2D eigenvalue weighted by Gasteiger charge is -2.34. The maximum Gasteiger partial charge on any atom is 0.416 e. The first kappa shape index (κ1) is 32.0. The Bertz CT molecular complexity index is 1790. The number of aromatic nitrogens is 5. The Labute approximate surface area is 262 Å². The van der Waals surface area contributed by atoms with Gasteiger partial charge in [-0.1, -0.05) is 0 Å². The van der Waals surface area contributed by atoms with Crippen molar-refractivity contribution in [1.82, 2.24) is 29.6 Å². The summed E-state index contributed by atoms with van der Waals surface area (Å²) in [7, 11) is 3.15. The Morgan fingerprint density at radius 1 is 0.936 bits per heavy atom. The van der Waals surface area contributed by atoms with Crippen molar-refractivity contribution in [2.24, 2.45) is 7.05 Å². The van der Waals surface area contributed by atoms with Gasteiger partial charge in [0, 0.05) is 47.9 Å². The molecule has 2 saturated heterocycles. The fourth-order valence-electron chi connectivity index (χ4n) is 5.49. The lowest BCUT2D eigenvalue weighted by atomic mass is 9.97. The number of anilines is 1. The molecule has 2 aliphatic rings. The predicted octanol–water partition coefficient (Wildman–Crippen LogP) is 6.23. The monoisotopic (exact) mass is 665 g/mol. The molecule has 5 heterocycles. The Kier molecular flexibility index (Phi) is 7.96. The number of alkyl halides is 7. The number of cyclic esters (lactones) is 1. The highest BCUT2D eigenvalue weighted by molar-refractivity contribution is 5.77. The largest absolute Gasteiger partial charge is 0.481 e. The maximum atomic E-state index is 13.7. The van der Waals surface area contributed by atoms with Crippen LogP contribution in [-0.4, -0.2) is 68.1 Å². The van der Waals surface area contributed by atoms with Gasteiger partial charge in [0.15, 0.2) is 0 Å². The smallest absolute Gasteiger partial charge is 0.416 e. The third-order valence-corrected chi connectivity index (χ3v) is 8.00. The number of halogens is 7. The van der Waals surface area contributed by atoms with E-state index < -0.39 is 53.5 Å². The van der Waals surface area contributed by atoms with E-state index in [2.05, 4.69) is 20.1 Å². The Morgan fingerprint density at radius 2 is 1.62 bits per heavy atom. The van der Waals surface area contributed by atoms with Crippen molar-refractivity contribution in [1.29, 1.82) is 0 Å². The summed E-state index contributed by atoms with van der Waals surface area (Å²) in [6, 6.07) is 1.82. The van der Waals surface area contributed by atoms with Crippen LogP contribution in [-0.2, 0) is 30.7 Å². The first-order valence-electron chi connectivity index (χ1n) is 14.2. The molecule has 2 atom stereocenters. The van der Waals surface area contributed by atoms with Crippen LogP contribution in [0.25, 0.3) is 22.3 Å². The number of ether oxygens (including phenoxy) is 2. The van der Waals surface area contributed by atoms with Crippen LogP contribution in [0, 0.1) is 0 Å². The summed E-state index contributed by atoms with van der Waals surface area (Å²) in [4.78, 5) is 29.3. The molecule has 4 aromatic rings. The number of rotatable bonds is 7. The molecule has 2 fully saturated rings. The zero-order valence-corrected chi connectivity index (χ0v) is 25.0. The number of hydrogen-bond donors (Lipinski definition) is 0. The van der Waals surface area contributed by atoms with Gasteiger partial charge in [-0.05, 0) is 36.8 Å². The van der Waals surface area contributed by atoms with E-state index in [0.29, 0.717) is 28.8 Å². The number of carbonyl (C=O) groups excluding carboxylic acids is 1. The minimum absolute atomic E-state index is 0.0101. The second kappa shape index (κ2) is 11.7. The third-order valence-electron chi connectivity index (χ3n) is 8.00. The van der Waals surface area contributed by atoms with Gasteiger partial charge in [-0.2, -0.15) is 31.4 Å². The van der Waals surface area contributed by atoms with Gasteiger partial charge in [0.05, 0.1) is 55.8 Å². The van der Waals surface area contributed by atoms with E-state index in [1.165, 1.54) is 20.2 Å². The number of aryl methyl sites for hydroxylation is 1. The third kappa shape index (κ3) is 6.25. The molecule has 6 rings (SSSR count). The molecule has 1 amide bonds. The molecule has 0 saturated carbocycles. The second-order valence-corrected chi connectivity index (χ2v) is 11.2. The quantitative estimate of drug-likeness (QED) is 0.215. The number of pyridine rings is 1. The van der Waals surface area contributed by atoms with E-state index in [1.54, 1.807) is 41.3 Å². The maximum absolute atomic E-state index is 13.7. The van der Waals surface area contributed by atoms with Crippen LogP contribution in [0.2, 0.25) is 0 Å². The number of benzene rings is 1. The zero-order chi connectivity index (χ0) is 33.8. The lowest BCUT2D eigenvalue weighted by molar-refractivity contribution is -0.143. The van der Waals surface area contributed by atoms with Crippen molar-refractivity contribution < 1.29 is 45.0 Å².